The summed E-state index contributed by atoms with van der Waals surface area (Å²) in [5.74, 6) is 2.29. The number of rotatable bonds is 8. The van der Waals surface area contributed by atoms with Crippen LogP contribution in [0, 0.1) is 11.8 Å². The third-order valence-electron chi connectivity index (χ3n) is 5.02. The second-order valence-corrected chi connectivity index (χ2v) is 7.79. The molecule has 0 aromatic heterocycles. The summed E-state index contributed by atoms with van der Waals surface area (Å²) >= 11 is 0. The quantitative estimate of drug-likeness (QED) is 0.299. The Labute approximate surface area is 182 Å². The monoisotopic (exact) mass is 488 g/mol. The van der Waals surface area contributed by atoms with Gasteiger partial charge in [0.25, 0.3) is 0 Å². The molecule has 3 N–H and O–H groups in total. The standard InChI is InChI=1S/C21H36N4O.HI/c1-17(2)14-25-11-7-8-18(15-25)12-23-21(22-3)24-13-20(16-26)19-9-5-4-6-10-19;/h4-6,9-10,17-18,20,26H,7-8,11-16H2,1-3H3,(H2,22,23,24);1H. The van der Waals surface area contributed by atoms with E-state index in [1.807, 2.05) is 18.2 Å². The molecule has 27 heavy (non-hydrogen) atoms. The molecule has 0 amide bonds. The summed E-state index contributed by atoms with van der Waals surface area (Å²) in [4.78, 5) is 6.93. The van der Waals surface area contributed by atoms with Crippen molar-refractivity contribution >= 4 is 29.9 Å². The van der Waals surface area contributed by atoms with Gasteiger partial charge in [0.15, 0.2) is 5.96 Å². The fourth-order valence-corrected chi connectivity index (χ4v) is 3.69. The minimum Gasteiger partial charge on any atom is -0.396 e. The average Bonchev–Trinajstić information content (AvgIpc) is 2.65. The Morgan fingerprint density at radius 3 is 2.63 bits per heavy atom. The Balaban J connectivity index is 0.00000364. The Kier molecular flexibility index (Phi) is 11.9. The van der Waals surface area contributed by atoms with Gasteiger partial charge in [-0.05, 0) is 36.8 Å². The van der Waals surface area contributed by atoms with Crippen molar-refractivity contribution in [3.05, 3.63) is 35.9 Å². The molecule has 0 bridgehead atoms. The minimum atomic E-state index is 0. The lowest BCUT2D eigenvalue weighted by Gasteiger charge is -2.34. The molecule has 1 aliphatic rings. The van der Waals surface area contributed by atoms with Gasteiger partial charge in [0.05, 0.1) is 6.61 Å². The van der Waals surface area contributed by atoms with Gasteiger partial charge in [-0.2, -0.15) is 0 Å². The first-order valence-electron chi connectivity index (χ1n) is 9.95. The van der Waals surface area contributed by atoms with Crippen molar-refractivity contribution in [3.63, 3.8) is 0 Å². The number of aliphatic hydroxyl groups is 1. The maximum Gasteiger partial charge on any atom is 0.191 e. The third kappa shape index (κ3) is 8.79. The molecular formula is C21H37IN4O. The van der Waals surface area contributed by atoms with Crippen molar-refractivity contribution in [2.24, 2.45) is 16.8 Å². The predicted octanol–water partition coefficient (Wildman–Crippen LogP) is 2.91. The SMILES string of the molecule is CN=C(NCC1CCCN(CC(C)C)C1)NCC(CO)c1ccccc1.I. The predicted molar refractivity (Wildman–Crippen MR) is 125 cm³/mol. The number of hydrogen-bond acceptors (Lipinski definition) is 3. The largest absolute Gasteiger partial charge is 0.396 e. The van der Waals surface area contributed by atoms with Crippen molar-refractivity contribution in [3.8, 4) is 0 Å². The van der Waals surface area contributed by atoms with Crippen LogP contribution in [0.15, 0.2) is 35.3 Å². The number of likely N-dealkylation sites (tertiary alicyclic amines) is 1. The van der Waals surface area contributed by atoms with E-state index in [1.165, 1.54) is 32.5 Å². The summed E-state index contributed by atoms with van der Waals surface area (Å²) in [5, 5.41) is 16.5. The van der Waals surface area contributed by atoms with Crippen molar-refractivity contribution in [1.29, 1.82) is 0 Å². The molecule has 2 unspecified atom stereocenters. The Bertz CT molecular complexity index is 538. The van der Waals surface area contributed by atoms with Crippen molar-refractivity contribution in [1.82, 2.24) is 15.5 Å². The fraction of sp³-hybridized carbons (Fsp3) is 0.667. The normalized spacial score (nSPS) is 19.4. The van der Waals surface area contributed by atoms with Gasteiger partial charge in [0, 0.05) is 39.1 Å². The third-order valence-corrected chi connectivity index (χ3v) is 5.02. The summed E-state index contributed by atoms with van der Waals surface area (Å²) in [5.41, 5.74) is 1.15. The van der Waals surface area contributed by atoms with E-state index < -0.39 is 0 Å². The number of benzene rings is 1. The molecule has 0 saturated carbocycles. The molecule has 1 aromatic rings. The van der Waals surface area contributed by atoms with E-state index in [4.69, 9.17) is 0 Å². The van der Waals surface area contributed by atoms with Gasteiger partial charge in [-0.1, -0.05) is 44.2 Å². The van der Waals surface area contributed by atoms with E-state index in [9.17, 15) is 5.11 Å². The van der Waals surface area contributed by atoms with Crippen LogP contribution < -0.4 is 10.6 Å². The molecule has 1 aromatic carbocycles. The summed E-state index contributed by atoms with van der Waals surface area (Å²) in [6, 6.07) is 10.1. The average molecular weight is 488 g/mol. The van der Waals surface area contributed by atoms with Gasteiger partial charge >= 0.3 is 0 Å². The van der Waals surface area contributed by atoms with E-state index in [2.05, 4.69) is 46.5 Å². The zero-order chi connectivity index (χ0) is 18.8. The Hall–Kier alpha value is -0.860. The van der Waals surface area contributed by atoms with Gasteiger partial charge in [-0.15, -0.1) is 24.0 Å². The molecule has 154 valence electrons. The van der Waals surface area contributed by atoms with E-state index in [-0.39, 0.29) is 36.5 Å². The van der Waals surface area contributed by atoms with Crippen LogP contribution in [-0.2, 0) is 0 Å². The molecule has 1 saturated heterocycles. The molecule has 5 nitrogen and oxygen atoms in total. The molecule has 2 atom stereocenters. The first kappa shape index (κ1) is 24.2. The number of halogens is 1. The molecule has 0 spiro atoms. The van der Waals surface area contributed by atoms with Gasteiger partial charge in [0.2, 0.25) is 0 Å². The number of nitrogens with one attached hydrogen (secondary N) is 2. The first-order chi connectivity index (χ1) is 12.6. The van der Waals surface area contributed by atoms with Gasteiger partial charge in [0.1, 0.15) is 0 Å². The highest BCUT2D eigenvalue weighted by Gasteiger charge is 2.20. The molecule has 2 rings (SSSR count). The molecule has 0 radical (unpaired) electrons. The highest BCUT2D eigenvalue weighted by molar-refractivity contribution is 14.0. The van der Waals surface area contributed by atoms with Gasteiger partial charge in [-0.25, -0.2) is 0 Å². The van der Waals surface area contributed by atoms with Crippen LogP contribution in [0.1, 0.15) is 38.2 Å². The summed E-state index contributed by atoms with van der Waals surface area (Å²) in [6.45, 7) is 9.92. The molecule has 1 heterocycles. The number of aliphatic imine (C=N–C) groups is 1. The zero-order valence-electron chi connectivity index (χ0n) is 17.0. The van der Waals surface area contributed by atoms with Crippen molar-refractivity contribution < 1.29 is 5.11 Å². The fourth-order valence-electron chi connectivity index (χ4n) is 3.69. The number of hydrogen-bond donors (Lipinski definition) is 3. The highest BCUT2D eigenvalue weighted by Crippen LogP contribution is 2.17. The van der Waals surface area contributed by atoms with E-state index in [0.717, 1.165) is 24.0 Å². The lowest BCUT2D eigenvalue weighted by molar-refractivity contribution is 0.159. The first-order valence-corrected chi connectivity index (χ1v) is 9.95. The van der Waals surface area contributed by atoms with E-state index in [1.54, 1.807) is 7.05 Å². The smallest absolute Gasteiger partial charge is 0.191 e. The van der Waals surface area contributed by atoms with Gasteiger partial charge in [-0.3, -0.25) is 4.99 Å². The van der Waals surface area contributed by atoms with Crippen LogP contribution in [0.4, 0.5) is 0 Å². The van der Waals surface area contributed by atoms with E-state index in [0.29, 0.717) is 12.5 Å². The van der Waals surface area contributed by atoms with Crippen LogP contribution in [0.5, 0.6) is 0 Å². The van der Waals surface area contributed by atoms with Crippen LogP contribution >= 0.6 is 24.0 Å². The van der Waals surface area contributed by atoms with Crippen molar-refractivity contribution in [2.45, 2.75) is 32.6 Å². The van der Waals surface area contributed by atoms with Crippen LogP contribution in [0.25, 0.3) is 0 Å². The van der Waals surface area contributed by atoms with Gasteiger partial charge < -0.3 is 20.6 Å². The summed E-state index contributed by atoms with van der Waals surface area (Å²) in [6.07, 6.45) is 2.56. The zero-order valence-corrected chi connectivity index (χ0v) is 19.4. The number of piperidine rings is 1. The van der Waals surface area contributed by atoms with Crippen molar-refractivity contribution in [2.75, 3.05) is 46.4 Å². The summed E-state index contributed by atoms with van der Waals surface area (Å²) < 4.78 is 0. The maximum atomic E-state index is 9.69. The number of nitrogens with zero attached hydrogens (tertiary/aromatic N) is 2. The highest BCUT2D eigenvalue weighted by atomic mass is 127. The second kappa shape index (κ2) is 13.3. The lowest BCUT2D eigenvalue weighted by atomic mass is 9.97. The molecule has 0 aliphatic carbocycles. The second-order valence-electron chi connectivity index (χ2n) is 7.79. The Morgan fingerprint density at radius 1 is 1.26 bits per heavy atom. The number of aliphatic hydroxyl groups excluding tert-OH is 1. The number of guanidine groups is 1. The van der Waals surface area contributed by atoms with Crippen LogP contribution in [0.3, 0.4) is 0 Å². The molecular weight excluding hydrogens is 451 g/mol. The molecule has 6 heteroatoms. The topological polar surface area (TPSA) is 59.9 Å². The van der Waals surface area contributed by atoms with Crippen LogP contribution in [0.2, 0.25) is 0 Å². The van der Waals surface area contributed by atoms with E-state index >= 15 is 0 Å². The maximum absolute atomic E-state index is 9.69. The van der Waals surface area contributed by atoms with Crippen LogP contribution in [-0.4, -0.2) is 62.3 Å². The Morgan fingerprint density at radius 2 is 2.00 bits per heavy atom. The summed E-state index contributed by atoms with van der Waals surface area (Å²) in [7, 11) is 1.80. The molecule has 1 aliphatic heterocycles. The minimum absolute atomic E-state index is 0. The molecule has 1 fully saturated rings. The lowest BCUT2D eigenvalue weighted by Crippen LogP contribution is -2.45.